The molecule has 1 fully saturated rings. The summed E-state index contributed by atoms with van der Waals surface area (Å²) in [5, 5.41) is 12.4. The second kappa shape index (κ2) is 10.2. The zero-order valence-electron chi connectivity index (χ0n) is 17.3. The molecule has 6 nitrogen and oxygen atoms in total. The number of ether oxygens (including phenoxy) is 2. The Kier molecular flexibility index (Phi) is 7.42. The van der Waals surface area contributed by atoms with Crippen LogP contribution in [0.4, 0.5) is 5.69 Å². The van der Waals surface area contributed by atoms with Gasteiger partial charge in [0.25, 0.3) is 5.91 Å². The van der Waals surface area contributed by atoms with Gasteiger partial charge in [0.15, 0.2) is 11.5 Å². The molecule has 7 heteroatoms. The SMILES string of the molecule is CCCOc1c(Cl)cc(C(=O)NC2CCN(c3ccc(C#N)cc3)CC2)cc1OC. The normalized spacial score (nSPS) is 14.1. The largest absolute Gasteiger partial charge is 0.493 e. The van der Waals surface area contributed by atoms with Crippen LogP contribution in [0.15, 0.2) is 36.4 Å². The maximum absolute atomic E-state index is 12.8. The van der Waals surface area contributed by atoms with E-state index in [-0.39, 0.29) is 11.9 Å². The first kappa shape index (κ1) is 21.8. The fourth-order valence-electron chi connectivity index (χ4n) is 3.49. The molecule has 0 saturated carbocycles. The molecule has 0 atom stereocenters. The average Bonchev–Trinajstić information content (AvgIpc) is 2.78. The second-order valence-corrected chi connectivity index (χ2v) is 7.64. The van der Waals surface area contributed by atoms with Crippen molar-refractivity contribution in [3.8, 4) is 17.6 Å². The number of halogens is 1. The molecule has 30 heavy (non-hydrogen) atoms. The Balaban J connectivity index is 1.60. The van der Waals surface area contributed by atoms with Crippen LogP contribution in [-0.4, -0.2) is 38.8 Å². The van der Waals surface area contributed by atoms with Crippen LogP contribution >= 0.6 is 11.6 Å². The third-order valence-corrected chi connectivity index (χ3v) is 5.41. The van der Waals surface area contributed by atoms with Gasteiger partial charge in [-0.2, -0.15) is 5.26 Å². The zero-order chi connectivity index (χ0) is 21.5. The van der Waals surface area contributed by atoms with Gasteiger partial charge in [-0.15, -0.1) is 0 Å². The highest BCUT2D eigenvalue weighted by Gasteiger charge is 2.23. The first-order valence-electron chi connectivity index (χ1n) is 10.1. The Morgan fingerprint density at radius 2 is 1.97 bits per heavy atom. The number of rotatable bonds is 7. The highest BCUT2D eigenvalue weighted by Crippen LogP contribution is 2.36. The van der Waals surface area contributed by atoms with Crippen molar-refractivity contribution in [2.75, 3.05) is 31.7 Å². The fourth-order valence-corrected chi connectivity index (χ4v) is 3.76. The number of nitriles is 1. The highest BCUT2D eigenvalue weighted by molar-refractivity contribution is 6.32. The lowest BCUT2D eigenvalue weighted by molar-refractivity contribution is 0.0930. The number of carbonyl (C=O) groups excluding carboxylic acids is 1. The van der Waals surface area contributed by atoms with E-state index in [2.05, 4.69) is 16.3 Å². The van der Waals surface area contributed by atoms with Crippen LogP contribution in [0.3, 0.4) is 0 Å². The van der Waals surface area contributed by atoms with E-state index in [1.54, 1.807) is 12.1 Å². The van der Waals surface area contributed by atoms with Gasteiger partial charge in [-0.05, 0) is 55.7 Å². The van der Waals surface area contributed by atoms with Gasteiger partial charge in [0.2, 0.25) is 0 Å². The number of carbonyl (C=O) groups is 1. The van der Waals surface area contributed by atoms with Crippen molar-refractivity contribution in [1.82, 2.24) is 5.32 Å². The lowest BCUT2D eigenvalue weighted by Crippen LogP contribution is -2.44. The van der Waals surface area contributed by atoms with Gasteiger partial charge in [-0.3, -0.25) is 4.79 Å². The Labute approximate surface area is 182 Å². The summed E-state index contributed by atoms with van der Waals surface area (Å²) >= 11 is 6.33. The summed E-state index contributed by atoms with van der Waals surface area (Å²) < 4.78 is 11.0. The van der Waals surface area contributed by atoms with E-state index in [4.69, 9.17) is 26.3 Å². The number of piperidine rings is 1. The summed E-state index contributed by atoms with van der Waals surface area (Å²) in [5.74, 6) is 0.749. The Bertz CT molecular complexity index is 917. The fraction of sp³-hybridized carbons (Fsp3) is 0.391. The monoisotopic (exact) mass is 427 g/mol. The lowest BCUT2D eigenvalue weighted by atomic mass is 10.0. The average molecular weight is 428 g/mol. The van der Waals surface area contributed by atoms with Gasteiger partial charge in [0, 0.05) is 30.4 Å². The second-order valence-electron chi connectivity index (χ2n) is 7.23. The molecule has 0 aromatic heterocycles. The van der Waals surface area contributed by atoms with Crippen molar-refractivity contribution in [2.24, 2.45) is 0 Å². The summed E-state index contributed by atoms with van der Waals surface area (Å²) in [5.41, 5.74) is 2.20. The molecular weight excluding hydrogens is 402 g/mol. The Morgan fingerprint density at radius 3 is 2.57 bits per heavy atom. The predicted octanol–water partition coefficient (Wildman–Crippen LogP) is 4.41. The summed E-state index contributed by atoms with van der Waals surface area (Å²) in [6, 6.07) is 13.1. The van der Waals surface area contributed by atoms with Crippen molar-refractivity contribution < 1.29 is 14.3 Å². The van der Waals surface area contributed by atoms with E-state index < -0.39 is 0 Å². The van der Waals surface area contributed by atoms with Crippen LogP contribution in [0, 0.1) is 11.3 Å². The topological polar surface area (TPSA) is 74.6 Å². The molecule has 0 aliphatic carbocycles. The van der Waals surface area contributed by atoms with E-state index in [9.17, 15) is 4.79 Å². The number of methoxy groups -OCH3 is 1. The van der Waals surface area contributed by atoms with Crippen molar-refractivity contribution in [2.45, 2.75) is 32.2 Å². The molecule has 1 aliphatic rings. The molecule has 2 aromatic rings. The first-order valence-corrected chi connectivity index (χ1v) is 10.5. The summed E-state index contributed by atoms with van der Waals surface area (Å²) in [4.78, 5) is 15.0. The molecule has 1 saturated heterocycles. The van der Waals surface area contributed by atoms with Crippen LogP contribution in [-0.2, 0) is 0 Å². The molecule has 0 unspecified atom stereocenters. The summed E-state index contributed by atoms with van der Waals surface area (Å²) in [7, 11) is 1.53. The number of hydrogen-bond acceptors (Lipinski definition) is 5. The molecule has 0 spiro atoms. The van der Waals surface area contributed by atoms with Crippen LogP contribution in [0.5, 0.6) is 11.5 Å². The standard InChI is InChI=1S/C23H26ClN3O3/c1-3-12-30-22-20(24)13-17(14-21(22)29-2)23(28)26-18-8-10-27(11-9-18)19-6-4-16(15-25)5-7-19/h4-7,13-14,18H,3,8-12H2,1-2H3,(H,26,28). The van der Waals surface area contributed by atoms with Gasteiger partial charge >= 0.3 is 0 Å². The number of nitrogens with one attached hydrogen (secondary N) is 1. The minimum Gasteiger partial charge on any atom is -0.493 e. The van der Waals surface area contributed by atoms with Crippen LogP contribution < -0.4 is 19.7 Å². The number of benzene rings is 2. The van der Waals surface area contributed by atoms with Gasteiger partial charge < -0.3 is 19.7 Å². The third-order valence-electron chi connectivity index (χ3n) is 5.13. The molecular formula is C23H26ClN3O3. The molecule has 158 valence electrons. The van der Waals surface area contributed by atoms with Crippen LogP contribution in [0.25, 0.3) is 0 Å². The molecule has 1 aliphatic heterocycles. The van der Waals surface area contributed by atoms with Crippen molar-refractivity contribution in [3.05, 3.63) is 52.5 Å². The first-order chi connectivity index (χ1) is 14.5. The molecule has 1 heterocycles. The van der Waals surface area contributed by atoms with Crippen molar-refractivity contribution >= 4 is 23.2 Å². The minimum absolute atomic E-state index is 0.0907. The Morgan fingerprint density at radius 1 is 1.27 bits per heavy atom. The van der Waals surface area contributed by atoms with Crippen molar-refractivity contribution in [1.29, 1.82) is 5.26 Å². The van der Waals surface area contributed by atoms with Crippen molar-refractivity contribution in [3.63, 3.8) is 0 Å². The van der Waals surface area contributed by atoms with E-state index in [1.807, 2.05) is 31.2 Å². The van der Waals surface area contributed by atoms with E-state index >= 15 is 0 Å². The molecule has 3 rings (SSSR count). The third kappa shape index (κ3) is 5.17. The smallest absolute Gasteiger partial charge is 0.251 e. The number of hydrogen-bond donors (Lipinski definition) is 1. The maximum Gasteiger partial charge on any atom is 0.251 e. The molecule has 0 bridgehead atoms. The van der Waals surface area contributed by atoms with Gasteiger partial charge in [0.05, 0.1) is 30.4 Å². The summed E-state index contributed by atoms with van der Waals surface area (Å²) in [6.07, 6.45) is 2.53. The number of anilines is 1. The van der Waals surface area contributed by atoms with E-state index in [1.165, 1.54) is 7.11 Å². The van der Waals surface area contributed by atoms with Gasteiger partial charge in [-0.1, -0.05) is 18.5 Å². The zero-order valence-corrected chi connectivity index (χ0v) is 18.0. The van der Waals surface area contributed by atoms with Crippen LogP contribution in [0.1, 0.15) is 42.1 Å². The molecule has 2 aromatic carbocycles. The van der Waals surface area contributed by atoms with E-state index in [0.29, 0.717) is 34.3 Å². The maximum atomic E-state index is 12.8. The van der Waals surface area contributed by atoms with Gasteiger partial charge in [-0.25, -0.2) is 0 Å². The lowest BCUT2D eigenvalue weighted by Gasteiger charge is -2.34. The predicted molar refractivity (Wildman–Crippen MR) is 118 cm³/mol. The number of nitrogens with zero attached hydrogens (tertiary/aromatic N) is 2. The summed E-state index contributed by atoms with van der Waals surface area (Å²) in [6.45, 7) is 4.21. The van der Waals surface area contributed by atoms with Gasteiger partial charge in [0.1, 0.15) is 0 Å². The highest BCUT2D eigenvalue weighted by atomic mass is 35.5. The quantitative estimate of drug-likeness (QED) is 0.708. The van der Waals surface area contributed by atoms with Crippen LogP contribution in [0.2, 0.25) is 5.02 Å². The minimum atomic E-state index is -0.172. The van der Waals surface area contributed by atoms with E-state index in [0.717, 1.165) is 38.0 Å². The number of amides is 1. The molecule has 0 radical (unpaired) electrons. The molecule has 1 N–H and O–H groups in total. The Hall–Kier alpha value is -2.91. The molecule has 1 amide bonds.